The van der Waals surface area contributed by atoms with Crippen LogP contribution in [0.15, 0.2) is 53.4 Å². The highest BCUT2D eigenvalue weighted by atomic mass is 32.2. The fourth-order valence-corrected chi connectivity index (χ4v) is 3.92. The van der Waals surface area contributed by atoms with Crippen LogP contribution in [0.5, 0.6) is 5.75 Å². The van der Waals surface area contributed by atoms with Crippen LogP contribution >= 0.6 is 0 Å². The molecule has 0 aliphatic heterocycles. The Bertz CT molecular complexity index is 866. The molecule has 6 nitrogen and oxygen atoms in total. The summed E-state index contributed by atoms with van der Waals surface area (Å²) >= 11 is 0. The average molecular weight is 376 g/mol. The van der Waals surface area contributed by atoms with E-state index in [4.69, 9.17) is 4.74 Å². The van der Waals surface area contributed by atoms with E-state index in [-0.39, 0.29) is 29.1 Å². The van der Waals surface area contributed by atoms with E-state index in [0.29, 0.717) is 0 Å². The van der Waals surface area contributed by atoms with Gasteiger partial charge in [0.15, 0.2) is 0 Å². The number of sulfonamides is 1. The van der Waals surface area contributed by atoms with Gasteiger partial charge in [-0.2, -0.15) is 4.31 Å². The van der Waals surface area contributed by atoms with E-state index in [9.17, 15) is 13.2 Å². The molecule has 2 aromatic rings. The van der Waals surface area contributed by atoms with Crippen molar-refractivity contribution in [2.24, 2.45) is 0 Å². The third-order valence-corrected chi connectivity index (χ3v) is 5.88. The molecule has 1 atom stereocenters. The van der Waals surface area contributed by atoms with Crippen molar-refractivity contribution in [2.45, 2.75) is 24.8 Å². The molecule has 1 N–H and O–H groups in total. The lowest BCUT2D eigenvalue weighted by Crippen LogP contribution is -2.39. The van der Waals surface area contributed by atoms with Crippen LogP contribution in [0.4, 0.5) is 0 Å². The number of methoxy groups -OCH3 is 1. The molecule has 0 radical (unpaired) electrons. The third-order valence-electron chi connectivity index (χ3n) is 4.05. The Morgan fingerprint density at radius 1 is 1.19 bits per heavy atom. The van der Waals surface area contributed by atoms with E-state index in [1.54, 1.807) is 19.1 Å². The van der Waals surface area contributed by atoms with Crippen molar-refractivity contribution in [3.8, 4) is 5.75 Å². The van der Waals surface area contributed by atoms with Gasteiger partial charge in [-0.15, -0.1) is 0 Å². The van der Waals surface area contributed by atoms with Crippen LogP contribution in [0, 0.1) is 6.92 Å². The summed E-state index contributed by atoms with van der Waals surface area (Å²) in [5, 5.41) is 2.81. The van der Waals surface area contributed by atoms with Crippen LogP contribution in [-0.4, -0.2) is 39.3 Å². The Kier molecular flexibility index (Phi) is 6.39. The van der Waals surface area contributed by atoms with Crippen molar-refractivity contribution < 1.29 is 17.9 Å². The second-order valence-electron chi connectivity index (χ2n) is 6.12. The Balaban J connectivity index is 2.12. The molecule has 0 bridgehead atoms. The monoisotopic (exact) mass is 376 g/mol. The highest BCUT2D eigenvalue weighted by Crippen LogP contribution is 2.27. The van der Waals surface area contributed by atoms with Crippen LogP contribution in [0.3, 0.4) is 0 Å². The predicted octanol–water partition coefficient (Wildman–Crippen LogP) is 2.50. The second kappa shape index (κ2) is 8.33. The van der Waals surface area contributed by atoms with Crippen molar-refractivity contribution in [3.05, 3.63) is 59.7 Å². The number of carbonyl (C=O) groups excluding carboxylic acids is 1. The molecule has 1 amide bonds. The smallest absolute Gasteiger partial charge is 0.246 e. The zero-order chi connectivity index (χ0) is 19.3. The Hall–Kier alpha value is -2.38. The lowest BCUT2D eigenvalue weighted by molar-refractivity contribution is -0.121. The molecule has 0 spiro atoms. The zero-order valence-corrected chi connectivity index (χ0v) is 16.2. The molecule has 0 aromatic heterocycles. The van der Waals surface area contributed by atoms with E-state index < -0.39 is 10.0 Å². The first kappa shape index (κ1) is 19.9. The number of rotatable bonds is 7. The van der Waals surface area contributed by atoms with Crippen molar-refractivity contribution in [3.63, 3.8) is 0 Å². The minimum Gasteiger partial charge on any atom is -0.495 e. The molecule has 0 fully saturated rings. The standard InChI is InChI=1S/C19H24N2O4S/c1-14-10-11-17(25-4)18(12-14)26(23,24)21(3)13-19(22)20-15(2)16-8-6-5-7-9-16/h5-12,15H,13H2,1-4H3,(H,20,22)/t15-/m1/s1. The molecule has 0 saturated carbocycles. The highest BCUT2D eigenvalue weighted by molar-refractivity contribution is 7.89. The molecule has 0 unspecified atom stereocenters. The van der Waals surface area contributed by atoms with Gasteiger partial charge in [0.25, 0.3) is 0 Å². The molecule has 0 saturated heterocycles. The fraction of sp³-hybridized carbons (Fsp3) is 0.316. The van der Waals surface area contributed by atoms with Gasteiger partial charge in [0.2, 0.25) is 15.9 Å². The molecule has 0 aliphatic rings. The van der Waals surface area contributed by atoms with Crippen LogP contribution in [0.25, 0.3) is 0 Å². The summed E-state index contributed by atoms with van der Waals surface area (Å²) in [6, 6.07) is 14.2. The van der Waals surface area contributed by atoms with Gasteiger partial charge in [-0.3, -0.25) is 4.79 Å². The molecule has 26 heavy (non-hydrogen) atoms. The molecule has 0 aliphatic carbocycles. The van der Waals surface area contributed by atoms with E-state index in [2.05, 4.69) is 5.32 Å². The summed E-state index contributed by atoms with van der Waals surface area (Å²) in [5.74, 6) is -0.125. The largest absolute Gasteiger partial charge is 0.495 e. The number of amides is 1. The van der Waals surface area contributed by atoms with Gasteiger partial charge < -0.3 is 10.1 Å². The Morgan fingerprint density at radius 3 is 2.46 bits per heavy atom. The number of nitrogens with zero attached hydrogens (tertiary/aromatic N) is 1. The summed E-state index contributed by atoms with van der Waals surface area (Å²) in [6.07, 6.45) is 0. The predicted molar refractivity (Wildman–Crippen MR) is 101 cm³/mol. The number of likely N-dealkylation sites (N-methyl/N-ethyl adjacent to an activating group) is 1. The first-order chi connectivity index (χ1) is 12.3. The quantitative estimate of drug-likeness (QED) is 0.806. The normalized spacial score (nSPS) is 12.7. The van der Waals surface area contributed by atoms with Crippen molar-refractivity contribution in [1.82, 2.24) is 9.62 Å². The lowest BCUT2D eigenvalue weighted by Gasteiger charge is -2.20. The van der Waals surface area contributed by atoms with Crippen molar-refractivity contribution in [1.29, 1.82) is 0 Å². The molecule has 140 valence electrons. The molecule has 2 aromatic carbocycles. The first-order valence-corrected chi connectivity index (χ1v) is 9.65. The number of hydrogen-bond acceptors (Lipinski definition) is 4. The number of aryl methyl sites for hydroxylation is 1. The van der Waals surface area contributed by atoms with Gasteiger partial charge in [-0.05, 0) is 37.1 Å². The van der Waals surface area contributed by atoms with Crippen molar-refractivity contribution in [2.75, 3.05) is 20.7 Å². The maximum atomic E-state index is 12.8. The Labute approximate surface area is 154 Å². The number of hydrogen-bond donors (Lipinski definition) is 1. The second-order valence-corrected chi connectivity index (χ2v) is 8.13. The molecule has 7 heteroatoms. The number of nitrogens with one attached hydrogen (secondary N) is 1. The highest BCUT2D eigenvalue weighted by Gasteiger charge is 2.27. The molecule has 2 rings (SSSR count). The number of carbonyl (C=O) groups is 1. The zero-order valence-electron chi connectivity index (χ0n) is 15.4. The van der Waals surface area contributed by atoms with Crippen molar-refractivity contribution >= 4 is 15.9 Å². The number of benzene rings is 2. The number of ether oxygens (including phenoxy) is 1. The topological polar surface area (TPSA) is 75.7 Å². The van der Waals surface area contributed by atoms with Gasteiger partial charge in [0.1, 0.15) is 10.6 Å². The minimum atomic E-state index is -3.85. The van der Waals surface area contributed by atoms with E-state index in [0.717, 1.165) is 15.4 Å². The molecule has 0 heterocycles. The molecular formula is C19H24N2O4S. The van der Waals surface area contributed by atoms with E-state index in [1.165, 1.54) is 20.2 Å². The summed E-state index contributed by atoms with van der Waals surface area (Å²) < 4.78 is 31.8. The van der Waals surface area contributed by atoms with Crippen LogP contribution in [-0.2, 0) is 14.8 Å². The van der Waals surface area contributed by atoms with Gasteiger partial charge in [-0.25, -0.2) is 8.42 Å². The summed E-state index contributed by atoms with van der Waals surface area (Å²) in [7, 11) is -1.06. The van der Waals surface area contributed by atoms with Gasteiger partial charge in [-0.1, -0.05) is 36.4 Å². The van der Waals surface area contributed by atoms with Crippen LogP contribution < -0.4 is 10.1 Å². The summed E-state index contributed by atoms with van der Waals surface area (Å²) in [5.41, 5.74) is 1.74. The van der Waals surface area contributed by atoms with Crippen LogP contribution in [0.1, 0.15) is 24.1 Å². The van der Waals surface area contributed by atoms with E-state index in [1.807, 2.05) is 37.3 Å². The summed E-state index contributed by atoms with van der Waals surface area (Å²) in [6.45, 7) is 3.37. The molecular weight excluding hydrogens is 352 g/mol. The third kappa shape index (κ3) is 4.62. The Morgan fingerprint density at radius 2 is 1.85 bits per heavy atom. The maximum Gasteiger partial charge on any atom is 0.246 e. The van der Waals surface area contributed by atoms with E-state index >= 15 is 0 Å². The van der Waals surface area contributed by atoms with Gasteiger partial charge >= 0.3 is 0 Å². The maximum absolute atomic E-state index is 12.8. The first-order valence-electron chi connectivity index (χ1n) is 8.21. The van der Waals surface area contributed by atoms with Gasteiger partial charge in [0.05, 0.1) is 19.7 Å². The van der Waals surface area contributed by atoms with Gasteiger partial charge in [0, 0.05) is 7.05 Å². The van der Waals surface area contributed by atoms with Crippen LogP contribution in [0.2, 0.25) is 0 Å². The average Bonchev–Trinajstić information content (AvgIpc) is 2.62. The minimum absolute atomic E-state index is 0.0476. The fourth-order valence-electron chi connectivity index (χ4n) is 2.55. The SMILES string of the molecule is COc1ccc(C)cc1S(=O)(=O)N(C)CC(=O)N[C@H](C)c1ccccc1. The lowest BCUT2D eigenvalue weighted by atomic mass is 10.1. The summed E-state index contributed by atoms with van der Waals surface area (Å²) in [4.78, 5) is 12.3.